The van der Waals surface area contributed by atoms with Gasteiger partial charge in [-0.3, -0.25) is 14.5 Å². The molecule has 0 bridgehead atoms. The maximum Gasteiger partial charge on any atom is 0.316 e. The second-order valence-corrected chi connectivity index (χ2v) is 9.34. The highest BCUT2D eigenvalue weighted by atomic mass is 35.5. The van der Waals surface area contributed by atoms with Crippen molar-refractivity contribution >= 4 is 29.1 Å². The molecule has 182 valence electrons. The van der Waals surface area contributed by atoms with Gasteiger partial charge >= 0.3 is 11.8 Å². The van der Waals surface area contributed by atoms with Gasteiger partial charge in [0.2, 0.25) is 5.82 Å². The number of anilines is 1. The van der Waals surface area contributed by atoms with E-state index >= 15 is 0 Å². The van der Waals surface area contributed by atoms with E-state index in [0.29, 0.717) is 29.5 Å². The molecular weight excluding hydrogens is 470 g/mol. The van der Waals surface area contributed by atoms with Crippen LogP contribution in [0.25, 0.3) is 11.4 Å². The van der Waals surface area contributed by atoms with E-state index in [2.05, 4.69) is 32.5 Å². The molecule has 9 nitrogen and oxygen atoms in total. The van der Waals surface area contributed by atoms with Crippen molar-refractivity contribution in [3.63, 3.8) is 0 Å². The van der Waals surface area contributed by atoms with Gasteiger partial charge in [-0.05, 0) is 67.7 Å². The van der Waals surface area contributed by atoms with E-state index in [1.54, 1.807) is 30.1 Å². The number of likely N-dealkylation sites (tertiary alicyclic amines) is 1. The molecule has 0 atom stereocenters. The van der Waals surface area contributed by atoms with Gasteiger partial charge in [-0.2, -0.15) is 4.98 Å². The van der Waals surface area contributed by atoms with E-state index < -0.39 is 0 Å². The molecule has 1 aromatic heterocycles. The Morgan fingerprint density at radius 1 is 1.17 bits per heavy atom. The summed E-state index contributed by atoms with van der Waals surface area (Å²) in [5, 5.41) is 7.62. The van der Waals surface area contributed by atoms with Crippen molar-refractivity contribution < 1.29 is 18.8 Å². The van der Waals surface area contributed by atoms with Crippen LogP contribution in [0.3, 0.4) is 0 Å². The van der Waals surface area contributed by atoms with Crippen molar-refractivity contribution in [1.29, 1.82) is 0 Å². The molecule has 0 unspecified atom stereocenters. The number of hydrogen-bond acceptors (Lipinski definition) is 7. The van der Waals surface area contributed by atoms with Gasteiger partial charge in [-0.25, -0.2) is 0 Å². The van der Waals surface area contributed by atoms with E-state index in [4.69, 9.17) is 20.9 Å². The van der Waals surface area contributed by atoms with Crippen LogP contribution in [0.4, 0.5) is 5.69 Å². The Morgan fingerprint density at radius 3 is 2.71 bits per heavy atom. The lowest BCUT2D eigenvalue weighted by atomic mass is 9.96. The zero-order valence-corrected chi connectivity index (χ0v) is 20.1. The average molecular weight is 496 g/mol. The van der Waals surface area contributed by atoms with Crippen LogP contribution in [0.2, 0.25) is 5.02 Å². The first kappa shape index (κ1) is 23.3. The monoisotopic (exact) mass is 495 g/mol. The largest absolute Gasteiger partial charge is 0.482 e. The maximum absolute atomic E-state index is 12.6. The smallest absolute Gasteiger partial charge is 0.316 e. The third-order valence-corrected chi connectivity index (χ3v) is 6.75. The summed E-state index contributed by atoms with van der Waals surface area (Å²) in [7, 11) is 1.70. The third kappa shape index (κ3) is 5.31. The summed E-state index contributed by atoms with van der Waals surface area (Å²) in [4.78, 5) is 32.6. The zero-order chi connectivity index (χ0) is 24.4. The first-order valence-corrected chi connectivity index (χ1v) is 12.0. The van der Waals surface area contributed by atoms with Crippen LogP contribution in [0.1, 0.15) is 29.1 Å². The highest BCUT2D eigenvalue weighted by Gasteiger charge is 2.25. The Balaban J connectivity index is 1.12. The van der Waals surface area contributed by atoms with Crippen LogP contribution >= 0.6 is 11.6 Å². The van der Waals surface area contributed by atoms with Gasteiger partial charge < -0.3 is 19.5 Å². The van der Waals surface area contributed by atoms with Crippen molar-refractivity contribution in [1.82, 2.24) is 20.4 Å². The Hall–Kier alpha value is -3.43. The van der Waals surface area contributed by atoms with Crippen LogP contribution in [-0.4, -0.2) is 60.1 Å². The average Bonchev–Trinajstić information content (AvgIpc) is 3.37. The standard InChI is InChI=1S/C25H26ClN5O4/c1-30-20-7-4-18(12-21(20)34-15-22(30)32)23-28-25(35-29-23)24(33)27-13-16-8-10-31(11-9-16)14-17-2-5-19(26)6-3-17/h2-7,12,16H,8-11,13-15H2,1H3,(H,27,33). The number of rotatable bonds is 6. The molecule has 1 fully saturated rings. The molecule has 3 heterocycles. The van der Waals surface area contributed by atoms with Gasteiger partial charge in [-0.15, -0.1) is 0 Å². The number of ether oxygens (including phenoxy) is 1. The summed E-state index contributed by atoms with van der Waals surface area (Å²) >= 11 is 5.97. The van der Waals surface area contributed by atoms with E-state index in [0.717, 1.165) is 37.5 Å². The van der Waals surface area contributed by atoms with Crippen molar-refractivity contribution in [2.24, 2.45) is 5.92 Å². The minimum Gasteiger partial charge on any atom is -0.482 e. The molecule has 10 heteroatoms. The molecule has 2 amide bonds. The molecule has 2 aromatic carbocycles. The van der Waals surface area contributed by atoms with E-state index in [9.17, 15) is 9.59 Å². The van der Waals surface area contributed by atoms with Gasteiger partial charge in [0.15, 0.2) is 6.61 Å². The number of fused-ring (bicyclic) bond motifs is 1. The van der Waals surface area contributed by atoms with Crippen molar-refractivity contribution in [3.8, 4) is 17.1 Å². The van der Waals surface area contributed by atoms with E-state index in [-0.39, 0.29) is 30.1 Å². The van der Waals surface area contributed by atoms with Crippen LogP contribution in [-0.2, 0) is 11.3 Å². The molecular formula is C25H26ClN5O4. The Labute approximate surface area is 208 Å². The number of carbonyl (C=O) groups excluding carboxylic acids is 2. The second-order valence-electron chi connectivity index (χ2n) is 8.90. The molecule has 5 rings (SSSR count). The number of hydrogen-bond donors (Lipinski definition) is 1. The lowest BCUT2D eigenvalue weighted by molar-refractivity contribution is -0.120. The summed E-state index contributed by atoms with van der Waals surface area (Å²) in [5.74, 6) is 0.675. The van der Waals surface area contributed by atoms with E-state index in [1.165, 1.54) is 5.56 Å². The molecule has 35 heavy (non-hydrogen) atoms. The van der Waals surface area contributed by atoms with Crippen LogP contribution in [0, 0.1) is 5.92 Å². The number of halogens is 1. The summed E-state index contributed by atoms with van der Waals surface area (Å²) in [6, 6.07) is 13.2. The Kier molecular flexibility index (Phi) is 6.70. The van der Waals surface area contributed by atoms with Crippen molar-refractivity contribution in [2.45, 2.75) is 19.4 Å². The third-order valence-electron chi connectivity index (χ3n) is 6.50. The van der Waals surface area contributed by atoms with E-state index in [1.807, 2.05) is 12.1 Å². The van der Waals surface area contributed by atoms with Crippen molar-refractivity contribution in [2.75, 3.05) is 38.2 Å². The Morgan fingerprint density at radius 2 is 1.94 bits per heavy atom. The number of piperidine rings is 1. The lowest BCUT2D eigenvalue weighted by Crippen LogP contribution is -2.38. The normalized spacial score (nSPS) is 16.6. The number of carbonyl (C=O) groups is 2. The first-order valence-electron chi connectivity index (χ1n) is 11.6. The second kappa shape index (κ2) is 10.1. The fourth-order valence-electron chi connectivity index (χ4n) is 4.36. The fourth-order valence-corrected chi connectivity index (χ4v) is 4.48. The van der Waals surface area contributed by atoms with Gasteiger partial charge in [0.25, 0.3) is 5.91 Å². The summed E-state index contributed by atoms with van der Waals surface area (Å²) in [6.45, 7) is 3.41. The predicted octanol–water partition coefficient (Wildman–Crippen LogP) is 3.39. The summed E-state index contributed by atoms with van der Waals surface area (Å²) in [6.07, 6.45) is 2.02. The molecule has 1 N–H and O–H groups in total. The highest BCUT2D eigenvalue weighted by Crippen LogP contribution is 2.34. The van der Waals surface area contributed by atoms with Crippen LogP contribution < -0.4 is 15.0 Å². The number of aromatic nitrogens is 2. The number of nitrogens with zero attached hydrogens (tertiary/aromatic N) is 4. The topological polar surface area (TPSA) is 101 Å². The molecule has 2 aliphatic heterocycles. The number of amides is 2. The first-order chi connectivity index (χ1) is 17.0. The van der Waals surface area contributed by atoms with Gasteiger partial charge in [0, 0.05) is 30.7 Å². The lowest BCUT2D eigenvalue weighted by Gasteiger charge is -2.32. The predicted molar refractivity (Wildman–Crippen MR) is 130 cm³/mol. The zero-order valence-electron chi connectivity index (χ0n) is 19.4. The minimum absolute atomic E-state index is 0.0209. The maximum atomic E-state index is 12.6. The number of nitrogens with one attached hydrogen (secondary N) is 1. The molecule has 1 saturated heterocycles. The van der Waals surface area contributed by atoms with Crippen LogP contribution in [0.15, 0.2) is 47.0 Å². The molecule has 2 aliphatic rings. The highest BCUT2D eigenvalue weighted by molar-refractivity contribution is 6.30. The number of likely N-dealkylation sites (N-methyl/N-ethyl adjacent to an activating group) is 1. The molecule has 3 aromatic rings. The van der Waals surface area contributed by atoms with Gasteiger partial charge in [0.05, 0.1) is 5.69 Å². The van der Waals surface area contributed by atoms with Crippen LogP contribution in [0.5, 0.6) is 5.75 Å². The number of benzene rings is 2. The molecule has 0 spiro atoms. The SMILES string of the molecule is CN1C(=O)COc2cc(-c3noc(C(=O)NCC4CCN(Cc5ccc(Cl)cc5)CC4)n3)ccc21. The quantitative estimate of drug-likeness (QED) is 0.559. The van der Waals surface area contributed by atoms with Gasteiger partial charge in [-0.1, -0.05) is 28.9 Å². The fraction of sp³-hybridized carbons (Fsp3) is 0.360. The molecule has 0 saturated carbocycles. The van der Waals surface area contributed by atoms with Gasteiger partial charge in [0.1, 0.15) is 5.75 Å². The molecule has 0 radical (unpaired) electrons. The Bertz CT molecular complexity index is 1220. The minimum atomic E-state index is -0.383. The molecule has 0 aliphatic carbocycles. The summed E-state index contributed by atoms with van der Waals surface area (Å²) in [5.41, 5.74) is 2.56. The van der Waals surface area contributed by atoms with Crippen molar-refractivity contribution in [3.05, 3.63) is 58.9 Å². The summed E-state index contributed by atoms with van der Waals surface area (Å²) < 4.78 is 10.7.